The number of carbonyl (C=O) groups is 1. The highest BCUT2D eigenvalue weighted by Crippen LogP contribution is 2.40. The summed E-state index contributed by atoms with van der Waals surface area (Å²) < 4.78 is 3.97. The molecule has 8 heteroatoms. The lowest BCUT2D eigenvalue weighted by atomic mass is 10.2. The van der Waals surface area contributed by atoms with Crippen molar-refractivity contribution in [3.05, 3.63) is 54.0 Å². The van der Waals surface area contributed by atoms with E-state index in [1.54, 1.807) is 10.9 Å². The number of amides is 1. The summed E-state index contributed by atoms with van der Waals surface area (Å²) in [6, 6.07) is 12.3. The van der Waals surface area contributed by atoms with Crippen LogP contribution in [0.2, 0.25) is 0 Å². The molecule has 0 bridgehead atoms. The predicted molar refractivity (Wildman–Crippen MR) is 114 cm³/mol. The quantitative estimate of drug-likeness (QED) is 0.566. The Morgan fingerprint density at radius 1 is 1.17 bits per heavy atom. The van der Waals surface area contributed by atoms with Gasteiger partial charge < -0.3 is 9.88 Å². The third-order valence-corrected chi connectivity index (χ3v) is 6.01. The molecule has 1 atom stereocenters. The summed E-state index contributed by atoms with van der Waals surface area (Å²) in [5.74, 6) is 2.16. The first-order valence-electron chi connectivity index (χ1n) is 10.0. The Morgan fingerprint density at radius 2 is 1.93 bits per heavy atom. The molecule has 0 spiro atoms. The summed E-state index contributed by atoms with van der Waals surface area (Å²) in [5.41, 5.74) is 1.20. The molecule has 1 aliphatic rings. The lowest BCUT2D eigenvalue weighted by Gasteiger charge is -2.15. The first-order chi connectivity index (χ1) is 14.0. The molecule has 2 aromatic heterocycles. The summed E-state index contributed by atoms with van der Waals surface area (Å²) >= 11 is 1.45. The van der Waals surface area contributed by atoms with E-state index in [1.807, 2.05) is 45.0 Å². The average molecular weight is 411 g/mol. The maximum atomic E-state index is 12.8. The van der Waals surface area contributed by atoms with Crippen LogP contribution < -0.4 is 5.32 Å². The minimum absolute atomic E-state index is 0.0698. The van der Waals surface area contributed by atoms with Gasteiger partial charge in [0.15, 0.2) is 5.16 Å². The van der Waals surface area contributed by atoms with Crippen LogP contribution in [-0.2, 0) is 11.3 Å². The fourth-order valence-corrected chi connectivity index (χ4v) is 4.07. The molecule has 1 N–H and O–H groups in total. The maximum Gasteiger partial charge on any atom is 0.238 e. The van der Waals surface area contributed by atoms with Crippen molar-refractivity contribution >= 4 is 23.5 Å². The van der Waals surface area contributed by atoms with Gasteiger partial charge in [0.05, 0.1) is 18.0 Å². The van der Waals surface area contributed by atoms with Gasteiger partial charge >= 0.3 is 0 Å². The van der Waals surface area contributed by atoms with Crippen molar-refractivity contribution in [2.45, 2.75) is 62.5 Å². The molecule has 1 amide bonds. The maximum absolute atomic E-state index is 12.8. The smallest absolute Gasteiger partial charge is 0.238 e. The van der Waals surface area contributed by atoms with E-state index in [4.69, 9.17) is 0 Å². The summed E-state index contributed by atoms with van der Waals surface area (Å²) in [6.45, 7) is 6.68. The van der Waals surface area contributed by atoms with E-state index < -0.39 is 0 Å². The van der Waals surface area contributed by atoms with Gasteiger partial charge in [0.25, 0.3) is 0 Å². The van der Waals surface area contributed by atoms with E-state index in [0.29, 0.717) is 11.7 Å². The number of hydrogen-bond acceptors (Lipinski definition) is 5. The highest BCUT2D eigenvalue weighted by molar-refractivity contribution is 8.00. The zero-order valence-electron chi connectivity index (χ0n) is 16.9. The number of thioether (sulfide) groups is 1. The number of carbonyl (C=O) groups excluding carboxylic acids is 1. The van der Waals surface area contributed by atoms with Crippen LogP contribution in [0.4, 0.5) is 5.82 Å². The first kappa shape index (κ1) is 19.7. The van der Waals surface area contributed by atoms with E-state index >= 15 is 0 Å². The van der Waals surface area contributed by atoms with E-state index in [1.165, 1.54) is 17.3 Å². The third kappa shape index (κ3) is 4.53. The molecule has 2 heterocycles. The van der Waals surface area contributed by atoms with E-state index in [2.05, 4.69) is 37.3 Å². The topological polar surface area (TPSA) is 77.6 Å². The molecule has 0 unspecified atom stereocenters. The molecule has 0 radical (unpaired) electrons. The van der Waals surface area contributed by atoms with Crippen LogP contribution in [0.25, 0.3) is 0 Å². The van der Waals surface area contributed by atoms with Gasteiger partial charge in [-0.3, -0.25) is 4.79 Å². The summed E-state index contributed by atoms with van der Waals surface area (Å²) in [6.07, 6.45) is 4.02. The molecule has 7 nitrogen and oxygen atoms in total. The molecule has 3 aromatic rings. The predicted octanol–water partition coefficient (Wildman–Crippen LogP) is 4.10. The number of nitrogens with zero attached hydrogens (tertiary/aromatic N) is 5. The molecule has 1 aliphatic carbocycles. The second kappa shape index (κ2) is 8.41. The molecule has 4 rings (SSSR count). The number of anilines is 1. The molecular weight excluding hydrogens is 384 g/mol. The van der Waals surface area contributed by atoms with Gasteiger partial charge in [-0.2, -0.15) is 5.10 Å². The van der Waals surface area contributed by atoms with Crippen LogP contribution >= 0.6 is 11.8 Å². The van der Waals surface area contributed by atoms with Crippen molar-refractivity contribution in [1.82, 2.24) is 24.5 Å². The van der Waals surface area contributed by atoms with Gasteiger partial charge in [-0.1, -0.05) is 42.1 Å². The first-order valence-corrected chi connectivity index (χ1v) is 10.9. The van der Waals surface area contributed by atoms with Gasteiger partial charge in [-0.05, 0) is 39.2 Å². The lowest BCUT2D eigenvalue weighted by molar-refractivity contribution is -0.115. The normalized spacial score (nSPS) is 14.9. The molecule has 0 aliphatic heterocycles. The second-order valence-electron chi connectivity index (χ2n) is 7.69. The Balaban J connectivity index is 1.49. The molecule has 1 saturated carbocycles. The van der Waals surface area contributed by atoms with Gasteiger partial charge in [0.1, 0.15) is 11.6 Å². The van der Waals surface area contributed by atoms with Crippen molar-refractivity contribution in [1.29, 1.82) is 0 Å². The van der Waals surface area contributed by atoms with Crippen LogP contribution in [0.15, 0.2) is 47.8 Å². The molecule has 152 valence electrons. The van der Waals surface area contributed by atoms with Gasteiger partial charge in [0, 0.05) is 18.0 Å². The summed E-state index contributed by atoms with van der Waals surface area (Å²) in [4.78, 5) is 12.8. The fraction of sp³-hybridized carbons (Fsp3) is 0.429. The van der Waals surface area contributed by atoms with Crippen LogP contribution in [0.1, 0.15) is 57.0 Å². The number of nitrogens with one attached hydrogen (secondary N) is 1. The largest absolute Gasteiger partial charge is 0.310 e. The van der Waals surface area contributed by atoms with Crippen molar-refractivity contribution < 1.29 is 4.79 Å². The summed E-state index contributed by atoms with van der Waals surface area (Å²) in [7, 11) is 0. The minimum atomic E-state index is -0.309. The third-order valence-electron chi connectivity index (χ3n) is 4.93. The standard InChI is InChI=1S/C21H26N6OS/c1-14(2)27-18(11-12-22-27)23-20(28)15(3)29-21-25-24-19(17-9-10-17)26(21)13-16-7-5-4-6-8-16/h4-8,11-12,14-15,17H,9-10,13H2,1-3H3,(H,23,28)/t15-/m1/s1. The van der Waals surface area contributed by atoms with Crippen LogP contribution in [0.3, 0.4) is 0 Å². The zero-order valence-corrected chi connectivity index (χ0v) is 17.8. The average Bonchev–Trinajstić information content (AvgIpc) is 3.32. The summed E-state index contributed by atoms with van der Waals surface area (Å²) in [5, 5.41) is 16.6. The Hall–Kier alpha value is -2.61. The Labute approximate surface area is 174 Å². The van der Waals surface area contributed by atoms with Gasteiger partial charge in [-0.25, -0.2) is 4.68 Å². The Bertz CT molecular complexity index is 976. The van der Waals surface area contributed by atoms with Crippen molar-refractivity contribution in [3.8, 4) is 0 Å². The number of aromatic nitrogens is 5. The molecule has 0 saturated heterocycles. The molecule has 1 fully saturated rings. The number of hydrogen-bond donors (Lipinski definition) is 1. The van der Waals surface area contributed by atoms with E-state index in [9.17, 15) is 4.79 Å². The minimum Gasteiger partial charge on any atom is -0.310 e. The van der Waals surface area contributed by atoms with Crippen molar-refractivity contribution in [2.75, 3.05) is 5.32 Å². The Morgan fingerprint density at radius 3 is 2.62 bits per heavy atom. The van der Waals surface area contributed by atoms with Gasteiger partial charge in [-0.15, -0.1) is 10.2 Å². The van der Waals surface area contributed by atoms with Gasteiger partial charge in [0.2, 0.25) is 5.91 Å². The number of rotatable bonds is 8. The SMILES string of the molecule is CC(C)n1nccc1NC(=O)[C@@H](C)Sc1nnc(C2CC2)n1Cc1ccccc1. The monoisotopic (exact) mass is 410 g/mol. The molecule has 29 heavy (non-hydrogen) atoms. The van der Waals surface area contributed by atoms with Crippen molar-refractivity contribution in [3.63, 3.8) is 0 Å². The Kier molecular flexibility index (Phi) is 5.71. The highest BCUT2D eigenvalue weighted by atomic mass is 32.2. The lowest BCUT2D eigenvalue weighted by Crippen LogP contribution is -2.25. The highest BCUT2D eigenvalue weighted by Gasteiger charge is 2.31. The van der Waals surface area contributed by atoms with Crippen molar-refractivity contribution in [2.24, 2.45) is 0 Å². The van der Waals surface area contributed by atoms with E-state index in [-0.39, 0.29) is 17.2 Å². The van der Waals surface area contributed by atoms with Crippen LogP contribution in [0, 0.1) is 0 Å². The van der Waals surface area contributed by atoms with Crippen LogP contribution in [0.5, 0.6) is 0 Å². The van der Waals surface area contributed by atoms with E-state index in [0.717, 1.165) is 30.4 Å². The second-order valence-corrected chi connectivity index (χ2v) is 9.00. The molecular formula is C21H26N6OS. The zero-order chi connectivity index (χ0) is 20.4. The molecule has 1 aromatic carbocycles. The fourth-order valence-electron chi connectivity index (χ4n) is 3.21. The van der Waals surface area contributed by atoms with Crippen LogP contribution in [-0.4, -0.2) is 35.7 Å². The number of benzene rings is 1.